The molecule has 1 fully saturated rings. The number of benzene rings is 2. The van der Waals surface area contributed by atoms with Gasteiger partial charge in [-0.1, -0.05) is 35.3 Å². The number of hydrazone groups is 1. The minimum Gasteiger partial charge on any atom is -0.493 e. The number of nitrogens with one attached hydrogen (secondary N) is 2. The molecule has 178 valence electrons. The zero-order chi connectivity index (χ0) is 24.8. The van der Waals surface area contributed by atoms with Crippen molar-refractivity contribution in [3.63, 3.8) is 0 Å². The molecule has 0 unspecified atom stereocenters. The molecule has 3 aromatic rings. The Hall–Kier alpha value is -3.53. The molecule has 2 amide bonds. The van der Waals surface area contributed by atoms with Gasteiger partial charge in [0.15, 0.2) is 16.7 Å². The van der Waals surface area contributed by atoms with Gasteiger partial charge in [-0.3, -0.25) is 19.9 Å². The van der Waals surface area contributed by atoms with Gasteiger partial charge in [-0.25, -0.2) is 5.43 Å². The second-order valence-corrected chi connectivity index (χ2v) is 8.97. The molecular formula is C24H18Cl2N4O4S. The number of carbonyl (C=O) groups excluding carboxylic acids is 2. The maximum Gasteiger partial charge on any atom is 0.271 e. The van der Waals surface area contributed by atoms with Crippen molar-refractivity contribution in [1.82, 2.24) is 15.7 Å². The van der Waals surface area contributed by atoms with Crippen LogP contribution in [0.3, 0.4) is 0 Å². The van der Waals surface area contributed by atoms with E-state index in [0.717, 1.165) is 22.9 Å². The van der Waals surface area contributed by atoms with Gasteiger partial charge in [0.25, 0.3) is 11.8 Å². The lowest BCUT2D eigenvalue weighted by molar-refractivity contribution is -0.115. The number of halogens is 2. The van der Waals surface area contributed by atoms with E-state index in [9.17, 15) is 9.59 Å². The first-order valence-electron chi connectivity index (χ1n) is 10.2. The second kappa shape index (κ2) is 11.3. The lowest BCUT2D eigenvalue weighted by Gasteiger charge is -2.12. The highest BCUT2D eigenvalue weighted by Crippen LogP contribution is 2.32. The first-order valence-corrected chi connectivity index (χ1v) is 11.7. The molecule has 0 aliphatic carbocycles. The van der Waals surface area contributed by atoms with Crippen molar-refractivity contribution in [3.05, 3.63) is 92.6 Å². The Labute approximate surface area is 215 Å². The third-order valence-electron chi connectivity index (χ3n) is 4.74. The molecule has 35 heavy (non-hydrogen) atoms. The fourth-order valence-electron chi connectivity index (χ4n) is 2.99. The smallest absolute Gasteiger partial charge is 0.271 e. The predicted molar refractivity (Wildman–Crippen MR) is 137 cm³/mol. The van der Waals surface area contributed by atoms with Gasteiger partial charge in [0.2, 0.25) is 0 Å². The Morgan fingerprint density at radius 1 is 1.14 bits per heavy atom. The molecule has 1 aliphatic heterocycles. The third kappa shape index (κ3) is 6.33. The topological polar surface area (TPSA) is 102 Å². The number of rotatable bonds is 7. The summed E-state index contributed by atoms with van der Waals surface area (Å²) in [6.45, 7) is 0.232. The molecule has 0 bridgehead atoms. The summed E-state index contributed by atoms with van der Waals surface area (Å²) >= 11 is 13.2. The number of hydrogen-bond acceptors (Lipinski definition) is 7. The van der Waals surface area contributed by atoms with Crippen LogP contribution in [-0.2, 0) is 11.4 Å². The van der Waals surface area contributed by atoms with E-state index in [2.05, 4.69) is 20.8 Å². The molecule has 1 aliphatic rings. The predicted octanol–water partition coefficient (Wildman–Crippen LogP) is 4.88. The summed E-state index contributed by atoms with van der Waals surface area (Å²) in [5.74, 6) is 0.271. The molecule has 1 saturated heterocycles. The lowest BCUT2D eigenvalue weighted by Crippen LogP contribution is -2.25. The fraction of sp³-hybridized carbons (Fsp3) is 0.0833. The average Bonchev–Trinajstić information content (AvgIpc) is 3.21. The first kappa shape index (κ1) is 24.6. The molecule has 2 aromatic carbocycles. The van der Waals surface area contributed by atoms with E-state index >= 15 is 0 Å². The second-order valence-electron chi connectivity index (χ2n) is 7.09. The van der Waals surface area contributed by atoms with Crippen molar-refractivity contribution < 1.29 is 19.1 Å². The SMILES string of the molecule is COc1cc(/C=C2\S/C(=N/NC(=O)c3ccncc3)NC2=O)ccc1OCc1ccc(Cl)cc1Cl. The number of amides is 2. The molecule has 2 N–H and O–H groups in total. The molecule has 4 rings (SSSR count). The Morgan fingerprint density at radius 2 is 1.94 bits per heavy atom. The number of nitrogens with zero attached hydrogens (tertiary/aromatic N) is 2. The number of carbonyl (C=O) groups is 2. The summed E-state index contributed by atoms with van der Waals surface area (Å²) in [5, 5.41) is 7.92. The van der Waals surface area contributed by atoms with Gasteiger partial charge in [-0.05, 0) is 59.8 Å². The van der Waals surface area contributed by atoms with Crippen molar-refractivity contribution in [2.45, 2.75) is 6.61 Å². The van der Waals surface area contributed by atoms with E-state index in [0.29, 0.717) is 32.0 Å². The number of ether oxygens (including phenoxy) is 2. The van der Waals surface area contributed by atoms with E-state index in [1.807, 2.05) is 0 Å². The van der Waals surface area contributed by atoms with Crippen molar-refractivity contribution in [3.8, 4) is 11.5 Å². The highest BCUT2D eigenvalue weighted by atomic mass is 35.5. The Bertz CT molecular complexity index is 1330. The number of hydrogen-bond donors (Lipinski definition) is 2. The highest BCUT2D eigenvalue weighted by molar-refractivity contribution is 8.18. The molecule has 0 spiro atoms. The molecule has 1 aromatic heterocycles. The van der Waals surface area contributed by atoms with Crippen molar-refractivity contribution in [2.24, 2.45) is 5.10 Å². The van der Waals surface area contributed by atoms with Gasteiger partial charge in [-0.15, -0.1) is 5.10 Å². The van der Waals surface area contributed by atoms with Crippen LogP contribution in [0, 0.1) is 0 Å². The Kier molecular flexibility index (Phi) is 7.91. The number of aromatic nitrogens is 1. The minimum absolute atomic E-state index is 0.232. The standard InChI is InChI=1S/C24H18Cl2N4O4S/c1-33-20-10-14(2-5-19(20)34-13-16-3-4-17(25)12-18(16)26)11-21-23(32)28-24(35-21)30-29-22(31)15-6-8-27-9-7-15/h2-12H,13H2,1H3,(H,29,31)(H,28,30,32)/b21-11-. The molecule has 0 atom stereocenters. The van der Waals surface area contributed by atoms with Crippen LogP contribution in [0.25, 0.3) is 6.08 Å². The summed E-state index contributed by atoms with van der Waals surface area (Å²) in [6.07, 6.45) is 4.70. The number of thioether (sulfide) groups is 1. The number of amidine groups is 1. The Morgan fingerprint density at radius 3 is 2.69 bits per heavy atom. The molecule has 0 saturated carbocycles. The van der Waals surface area contributed by atoms with Crippen molar-refractivity contribution in [2.75, 3.05) is 7.11 Å². The van der Waals surface area contributed by atoms with Crippen molar-refractivity contribution in [1.29, 1.82) is 0 Å². The monoisotopic (exact) mass is 528 g/mol. The first-order chi connectivity index (χ1) is 16.9. The summed E-state index contributed by atoms with van der Waals surface area (Å²) in [6, 6.07) is 13.6. The summed E-state index contributed by atoms with van der Waals surface area (Å²) in [4.78, 5) is 28.7. The van der Waals surface area contributed by atoms with Crippen molar-refractivity contribution >= 4 is 58.0 Å². The van der Waals surface area contributed by atoms with Crippen LogP contribution in [0.15, 0.2) is 70.9 Å². The van der Waals surface area contributed by atoms with Crippen LogP contribution in [0.2, 0.25) is 10.0 Å². The molecule has 2 heterocycles. The summed E-state index contributed by atoms with van der Waals surface area (Å²) in [7, 11) is 1.53. The van der Waals surface area contributed by atoms with Crippen LogP contribution >= 0.6 is 35.0 Å². The van der Waals surface area contributed by atoms with Gasteiger partial charge in [0.1, 0.15) is 6.61 Å². The van der Waals surface area contributed by atoms with Gasteiger partial charge in [-0.2, -0.15) is 0 Å². The number of pyridine rings is 1. The fourth-order valence-corrected chi connectivity index (χ4v) is 4.23. The molecule has 8 nitrogen and oxygen atoms in total. The van der Waals surface area contributed by atoms with Gasteiger partial charge < -0.3 is 9.47 Å². The largest absolute Gasteiger partial charge is 0.493 e. The van der Waals surface area contributed by atoms with Gasteiger partial charge in [0.05, 0.1) is 12.0 Å². The van der Waals surface area contributed by atoms with Gasteiger partial charge in [0, 0.05) is 33.6 Å². The van der Waals surface area contributed by atoms with E-state index < -0.39 is 5.91 Å². The molecular weight excluding hydrogens is 511 g/mol. The third-order valence-corrected chi connectivity index (χ3v) is 6.23. The average molecular weight is 529 g/mol. The lowest BCUT2D eigenvalue weighted by atomic mass is 10.2. The normalized spacial score (nSPS) is 15.2. The number of methoxy groups -OCH3 is 1. The molecule has 0 radical (unpaired) electrons. The van der Waals surface area contributed by atoms with E-state index in [4.69, 9.17) is 32.7 Å². The zero-order valence-corrected chi connectivity index (χ0v) is 20.6. The Balaban J connectivity index is 1.43. The summed E-state index contributed by atoms with van der Waals surface area (Å²) in [5.41, 5.74) is 4.32. The maximum atomic E-state index is 12.4. The van der Waals surface area contributed by atoms with Crippen LogP contribution in [0.5, 0.6) is 11.5 Å². The highest BCUT2D eigenvalue weighted by Gasteiger charge is 2.24. The van der Waals surface area contributed by atoms with E-state index in [-0.39, 0.29) is 17.7 Å². The van der Waals surface area contributed by atoms with Crippen LogP contribution in [0.4, 0.5) is 0 Å². The zero-order valence-electron chi connectivity index (χ0n) is 18.2. The van der Waals surface area contributed by atoms with Crippen LogP contribution in [0.1, 0.15) is 21.5 Å². The van der Waals surface area contributed by atoms with Crippen LogP contribution < -0.4 is 20.2 Å². The van der Waals surface area contributed by atoms with E-state index in [1.54, 1.807) is 54.6 Å². The van der Waals surface area contributed by atoms with Crippen LogP contribution in [-0.4, -0.2) is 29.1 Å². The summed E-state index contributed by atoms with van der Waals surface area (Å²) < 4.78 is 11.3. The molecule has 11 heteroatoms. The quantitative estimate of drug-likeness (QED) is 0.334. The minimum atomic E-state index is -0.410. The van der Waals surface area contributed by atoms with Gasteiger partial charge >= 0.3 is 0 Å². The maximum absolute atomic E-state index is 12.4. The van der Waals surface area contributed by atoms with E-state index in [1.165, 1.54) is 19.5 Å².